The Labute approximate surface area is 242 Å². The number of phosphoric ester groups is 1. The Morgan fingerprint density at radius 2 is 1.98 bits per heavy atom. The van der Waals surface area contributed by atoms with Crippen LogP contribution in [-0.2, 0) is 32.6 Å². The topological polar surface area (TPSA) is 307 Å². The van der Waals surface area contributed by atoms with Gasteiger partial charge in [0, 0.05) is 20.4 Å². The number of methoxy groups -OCH3 is 2. The smallest absolute Gasteiger partial charge is 0.394 e. The minimum Gasteiger partial charge on any atom is -0.394 e. The number of imidazole rings is 1. The number of aliphatic hydroxyl groups excluding tert-OH is 2. The van der Waals surface area contributed by atoms with Gasteiger partial charge < -0.3 is 51.3 Å². The van der Waals surface area contributed by atoms with E-state index in [1.807, 2.05) is 0 Å². The molecule has 0 saturated carbocycles. The van der Waals surface area contributed by atoms with Gasteiger partial charge in [-0.15, -0.1) is 0 Å². The molecule has 22 heteroatoms. The first-order chi connectivity index (χ1) is 20.3. The summed E-state index contributed by atoms with van der Waals surface area (Å²) >= 11 is 0. The number of aromatic nitrogens is 4. The number of anilines is 1. The molecule has 0 spiro atoms. The number of urea groups is 1. The van der Waals surface area contributed by atoms with E-state index in [4.69, 9.17) is 45.2 Å². The van der Waals surface area contributed by atoms with Crippen molar-refractivity contribution in [2.75, 3.05) is 33.2 Å². The molecule has 10 N–H and O–H groups in total. The van der Waals surface area contributed by atoms with Gasteiger partial charge in [0.05, 0.1) is 19.5 Å². The standard InChI is InChI=1S/C21H32N9O12P/c1-4-29(21(34)28-19(22)23)18-14(38-3)12(8(5-31)40-18)42-43(35,36)39-6-9-11(32)13(37-2)17(41-9)30-7-25-10-15(30)26-20(24)27-16(10)33/h4,7-9,11-14,17-18,31-32H,1,5-6H2,2-3H3,(H,35,36)(H4,22,23,28,34)(H3,24,26,27,33)/t8-,9-,11+,12+,13?,14?,17-,18-/m1/s1. The lowest BCUT2D eigenvalue weighted by atomic mass is 10.1. The zero-order valence-electron chi connectivity index (χ0n) is 22.8. The van der Waals surface area contributed by atoms with Gasteiger partial charge in [-0.25, -0.2) is 14.3 Å². The summed E-state index contributed by atoms with van der Waals surface area (Å²) in [5, 5.41) is 20.7. The number of ether oxygens (including phenoxy) is 4. The van der Waals surface area contributed by atoms with Crippen molar-refractivity contribution in [2.45, 2.75) is 49.1 Å². The fourth-order valence-electron chi connectivity index (χ4n) is 4.73. The SMILES string of the molecule is C=CN(C(=O)N=C(N)N)[C@@H]1O[C@H](CO)[C@H](OP(=O)(O)OC[C@H]2O[C@@H](n3cnc4c(=O)[nH]c(N)nc43)C(OC)[C@H]2O)C1OC. The number of aliphatic imine (C=N–C) groups is 1. The molecule has 2 amide bonds. The number of nitrogens with one attached hydrogen (secondary N) is 1. The van der Waals surface area contributed by atoms with E-state index in [2.05, 4.69) is 26.5 Å². The Bertz CT molecular complexity index is 1460. The van der Waals surface area contributed by atoms with Crippen molar-refractivity contribution in [2.24, 2.45) is 16.5 Å². The molecule has 2 aliphatic heterocycles. The molecule has 0 radical (unpaired) electrons. The van der Waals surface area contributed by atoms with E-state index in [9.17, 15) is 29.3 Å². The molecule has 238 valence electrons. The summed E-state index contributed by atoms with van der Waals surface area (Å²) in [5.41, 5.74) is 15.6. The number of aromatic amines is 1. The van der Waals surface area contributed by atoms with E-state index in [0.29, 0.717) is 0 Å². The summed E-state index contributed by atoms with van der Waals surface area (Å²) in [6.07, 6.45) is -7.85. The predicted molar refractivity (Wildman–Crippen MR) is 144 cm³/mol. The number of nitrogen functional groups attached to an aromatic ring is 1. The highest BCUT2D eigenvalue weighted by Crippen LogP contribution is 2.49. The number of rotatable bonds is 11. The maximum absolute atomic E-state index is 13.0. The number of phosphoric acid groups is 1. The summed E-state index contributed by atoms with van der Waals surface area (Å²) in [6, 6.07) is -0.995. The molecule has 0 bridgehead atoms. The molecule has 9 atom stereocenters. The third-order valence-electron chi connectivity index (χ3n) is 6.62. The number of aliphatic hydroxyl groups is 2. The molecule has 4 heterocycles. The zero-order valence-corrected chi connectivity index (χ0v) is 23.7. The van der Waals surface area contributed by atoms with E-state index in [1.165, 1.54) is 25.1 Å². The number of nitrogens with two attached hydrogens (primary N) is 3. The number of nitrogens with zero attached hydrogens (tertiary/aromatic N) is 5. The van der Waals surface area contributed by atoms with Crippen LogP contribution >= 0.6 is 7.82 Å². The second kappa shape index (κ2) is 13.0. The summed E-state index contributed by atoms with van der Waals surface area (Å²) < 4.78 is 46.9. The Morgan fingerprint density at radius 1 is 1.28 bits per heavy atom. The third kappa shape index (κ3) is 6.55. The van der Waals surface area contributed by atoms with Crippen molar-refractivity contribution in [1.29, 1.82) is 0 Å². The first kappa shape index (κ1) is 32.4. The third-order valence-corrected chi connectivity index (χ3v) is 7.61. The monoisotopic (exact) mass is 633 g/mol. The molecule has 2 aromatic rings. The molecular weight excluding hydrogens is 601 g/mol. The van der Waals surface area contributed by atoms with Crippen LogP contribution in [0.3, 0.4) is 0 Å². The Morgan fingerprint density at radius 3 is 2.58 bits per heavy atom. The highest BCUT2D eigenvalue weighted by atomic mass is 31.2. The van der Waals surface area contributed by atoms with E-state index in [1.54, 1.807) is 0 Å². The fourth-order valence-corrected chi connectivity index (χ4v) is 5.69. The highest BCUT2D eigenvalue weighted by Gasteiger charge is 2.52. The van der Waals surface area contributed by atoms with Crippen LogP contribution in [0, 0.1) is 0 Å². The second-order valence-electron chi connectivity index (χ2n) is 9.22. The van der Waals surface area contributed by atoms with Crippen molar-refractivity contribution in [3.05, 3.63) is 29.5 Å². The number of carbonyl (C=O) groups excluding carboxylic acids is 1. The molecule has 2 fully saturated rings. The number of hydrogen-bond donors (Lipinski definition) is 7. The van der Waals surface area contributed by atoms with Crippen molar-refractivity contribution in [3.63, 3.8) is 0 Å². The number of amides is 2. The summed E-state index contributed by atoms with van der Waals surface area (Å²) in [5.74, 6) is -0.733. The zero-order chi connectivity index (χ0) is 31.6. The van der Waals surface area contributed by atoms with Gasteiger partial charge in [-0.2, -0.15) is 9.98 Å². The molecule has 43 heavy (non-hydrogen) atoms. The van der Waals surface area contributed by atoms with Crippen LogP contribution < -0.4 is 22.8 Å². The van der Waals surface area contributed by atoms with Crippen LogP contribution in [0.25, 0.3) is 11.2 Å². The molecule has 21 nitrogen and oxygen atoms in total. The molecule has 3 unspecified atom stereocenters. The fraction of sp³-hybridized carbons (Fsp3) is 0.571. The van der Waals surface area contributed by atoms with Gasteiger partial charge in [0.2, 0.25) is 5.95 Å². The first-order valence-electron chi connectivity index (χ1n) is 12.4. The largest absolute Gasteiger partial charge is 0.472 e. The van der Waals surface area contributed by atoms with E-state index >= 15 is 0 Å². The quantitative estimate of drug-likeness (QED) is 0.0738. The van der Waals surface area contributed by atoms with E-state index in [-0.39, 0.29) is 17.1 Å². The number of guanidine groups is 1. The van der Waals surface area contributed by atoms with Gasteiger partial charge in [-0.05, 0) is 0 Å². The Hall–Kier alpha value is -3.50. The first-order valence-corrected chi connectivity index (χ1v) is 13.9. The lowest BCUT2D eigenvalue weighted by Gasteiger charge is -2.28. The Kier molecular flexibility index (Phi) is 9.81. The average Bonchev–Trinajstić information content (AvgIpc) is 3.60. The maximum Gasteiger partial charge on any atom is 0.472 e. The van der Waals surface area contributed by atoms with Crippen LogP contribution in [0.5, 0.6) is 0 Å². The normalized spacial score (nSPS) is 30.3. The van der Waals surface area contributed by atoms with Gasteiger partial charge in [-0.3, -0.25) is 28.3 Å². The maximum atomic E-state index is 13.0. The lowest BCUT2D eigenvalue weighted by Crippen LogP contribution is -2.45. The number of fused-ring (bicyclic) bond motifs is 1. The van der Waals surface area contributed by atoms with Crippen LogP contribution in [0.2, 0.25) is 0 Å². The molecule has 2 aliphatic rings. The molecular formula is C21H32N9O12P. The van der Waals surface area contributed by atoms with Gasteiger partial charge in [0.15, 0.2) is 29.6 Å². The second-order valence-corrected chi connectivity index (χ2v) is 10.6. The minimum absolute atomic E-state index is 0.0431. The average molecular weight is 634 g/mol. The van der Waals surface area contributed by atoms with Crippen LogP contribution in [0.15, 0.2) is 28.9 Å². The molecule has 2 saturated heterocycles. The van der Waals surface area contributed by atoms with Gasteiger partial charge in [-0.1, -0.05) is 6.58 Å². The number of carbonyl (C=O) groups is 1. The van der Waals surface area contributed by atoms with Crippen LogP contribution in [0.1, 0.15) is 6.23 Å². The summed E-state index contributed by atoms with van der Waals surface area (Å²) in [7, 11) is -2.49. The van der Waals surface area contributed by atoms with Crippen molar-refractivity contribution in [1.82, 2.24) is 24.4 Å². The van der Waals surface area contributed by atoms with Crippen molar-refractivity contribution >= 4 is 36.9 Å². The highest BCUT2D eigenvalue weighted by molar-refractivity contribution is 7.47. The van der Waals surface area contributed by atoms with Gasteiger partial charge in [0.1, 0.15) is 36.6 Å². The number of H-pyrrole nitrogens is 1. The van der Waals surface area contributed by atoms with Gasteiger partial charge >= 0.3 is 13.9 Å². The van der Waals surface area contributed by atoms with Gasteiger partial charge in [0.25, 0.3) is 5.56 Å². The van der Waals surface area contributed by atoms with Crippen molar-refractivity contribution in [3.8, 4) is 0 Å². The number of hydrogen-bond acceptors (Lipinski definition) is 14. The lowest BCUT2D eigenvalue weighted by molar-refractivity contribution is -0.0712. The van der Waals surface area contributed by atoms with Crippen molar-refractivity contribution < 1.29 is 52.5 Å². The predicted octanol–water partition coefficient (Wildman–Crippen LogP) is -2.95. The molecule has 2 aromatic heterocycles. The molecule has 0 aromatic carbocycles. The molecule has 4 rings (SSSR count). The molecule has 0 aliphatic carbocycles. The van der Waals surface area contributed by atoms with E-state index in [0.717, 1.165) is 11.1 Å². The summed E-state index contributed by atoms with van der Waals surface area (Å²) in [6.45, 7) is 2.10. The summed E-state index contributed by atoms with van der Waals surface area (Å²) in [4.78, 5) is 49.7. The minimum atomic E-state index is -4.99. The van der Waals surface area contributed by atoms with Crippen LogP contribution in [-0.4, -0.2) is 122 Å². The van der Waals surface area contributed by atoms with Crippen LogP contribution in [0.4, 0.5) is 10.7 Å². The van der Waals surface area contributed by atoms with E-state index < -0.39 is 87.7 Å². The Balaban J connectivity index is 1.48.